The van der Waals surface area contributed by atoms with E-state index in [0.717, 1.165) is 38.8 Å². The lowest BCUT2D eigenvalue weighted by atomic mass is 9.82. The predicted octanol–water partition coefficient (Wildman–Crippen LogP) is 4.48. The summed E-state index contributed by atoms with van der Waals surface area (Å²) in [4.78, 5) is 11.6. The Morgan fingerprint density at radius 2 is 2.04 bits per heavy atom. The molecule has 24 heavy (non-hydrogen) atoms. The SMILES string of the molecule is COC(=O)C1CCC(CNCc2cccc(-c3ccsc3)c2)CC1. The van der Waals surface area contributed by atoms with E-state index in [9.17, 15) is 4.79 Å². The molecule has 1 N–H and O–H groups in total. The molecule has 128 valence electrons. The molecule has 1 aliphatic carbocycles. The van der Waals surface area contributed by atoms with Crippen LogP contribution in [0.5, 0.6) is 0 Å². The van der Waals surface area contributed by atoms with Crippen LogP contribution in [0.1, 0.15) is 31.2 Å². The number of ether oxygens (including phenoxy) is 1. The number of hydrogen-bond acceptors (Lipinski definition) is 4. The molecule has 1 aromatic heterocycles. The molecule has 0 atom stereocenters. The Morgan fingerprint density at radius 3 is 2.75 bits per heavy atom. The monoisotopic (exact) mass is 343 g/mol. The Hall–Kier alpha value is -1.65. The minimum absolute atomic E-state index is 0.0355. The minimum atomic E-state index is -0.0355. The van der Waals surface area contributed by atoms with E-state index in [1.165, 1.54) is 23.8 Å². The maximum absolute atomic E-state index is 11.6. The number of rotatable bonds is 6. The number of hydrogen-bond donors (Lipinski definition) is 1. The van der Waals surface area contributed by atoms with Gasteiger partial charge in [-0.1, -0.05) is 18.2 Å². The summed E-state index contributed by atoms with van der Waals surface area (Å²) in [6, 6.07) is 10.9. The van der Waals surface area contributed by atoms with Gasteiger partial charge in [0.15, 0.2) is 0 Å². The molecule has 2 aromatic rings. The quantitative estimate of drug-likeness (QED) is 0.786. The Kier molecular flexibility index (Phi) is 6.05. The van der Waals surface area contributed by atoms with Crippen molar-refractivity contribution in [3.05, 3.63) is 46.7 Å². The van der Waals surface area contributed by atoms with Crippen LogP contribution in [0.2, 0.25) is 0 Å². The molecule has 0 saturated heterocycles. The molecule has 3 nitrogen and oxygen atoms in total. The highest BCUT2D eigenvalue weighted by molar-refractivity contribution is 7.08. The average Bonchev–Trinajstić information content (AvgIpc) is 3.17. The first-order valence-corrected chi connectivity index (χ1v) is 9.60. The van der Waals surface area contributed by atoms with Crippen molar-refractivity contribution >= 4 is 17.3 Å². The smallest absolute Gasteiger partial charge is 0.308 e. The van der Waals surface area contributed by atoms with E-state index in [4.69, 9.17) is 4.74 Å². The van der Waals surface area contributed by atoms with Crippen LogP contribution in [0.25, 0.3) is 11.1 Å². The molecule has 0 bridgehead atoms. The zero-order valence-corrected chi connectivity index (χ0v) is 15.0. The van der Waals surface area contributed by atoms with Crippen LogP contribution in [-0.4, -0.2) is 19.6 Å². The zero-order valence-electron chi connectivity index (χ0n) is 14.2. The van der Waals surface area contributed by atoms with Crippen molar-refractivity contribution in [2.45, 2.75) is 32.2 Å². The summed E-state index contributed by atoms with van der Waals surface area (Å²) in [6.07, 6.45) is 4.16. The van der Waals surface area contributed by atoms with Gasteiger partial charge < -0.3 is 10.1 Å². The number of benzene rings is 1. The van der Waals surface area contributed by atoms with Gasteiger partial charge in [-0.3, -0.25) is 4.79 Å². The second kappa shape index (κ2) is 8.45. The normalized spacial score (nSPS) is 20.7. The predicted molar refractivity (Wildman–Crippen MR) is 98.9 cm³/mol. The topological polar surface area (TPSA) is 38.3 Å². The summed E-state index contributed by atoms with van der Waals surface area (Å²) >= 11 is 1.73. The average molecular weight is 343 g/mol. The first-order valence-electron chi connectivity index (χ1n) is 8.66. The molecular weight excluding hydrogens is 318 g/mol. The second-order valence-corrected chi connectivity index (χ2v) is 7.36. The lowest BCUT2D eigenvalue weighted by molar-refractivity contribution is -0.146. The first-order chi connectivity index (χ1) is 11.8. The largest absolute Gasteiger partial charge is 0.469 e. The van der Waals surface area contributed by atoms with E-state index in [1.807, 2.05) is 0 Å². The molecule has 0 radical (unpaired) electrons. The van der Waals surface area contributed by atoms with Crippen LogP contribution in [0.4, 0.5) is 0 Å². The van der Waals surface area contributed by atoms with E-state index in [0.29, 0.717) is 5.92 Å². The highest BCUT2D eigenvalue weighted by Crippen LogP contribution is 2.29. The van der Waals surface area contributed by atoms with Crippen molar-refractivity contribution in [3.63, 3.8) is 0 Å². The molecule has 1 aromatic carbocycles. The lowest BCUT2D eigenvalue weighted by Gasteiger charge is -2.27. The van der Waals surface area contributed by atoms with Crippen LogP contribution < -0.4 is 5.32 Å². The maximum atomic E-state index is 11.6. The third kappa shape index (κ3) is 4.46. The maximum Gasteiger partial charge on any atom is 0.308 e. The lowest BCUT2D eigenvalue weighted by Crippen LogP contribution is -2.29. The van der Waals surface area contributed by atoms with Crippen LogP contribution in [-0.2, 0) is 16.1 Å². The fourth-order valence-electron chi connectivity index (χ4n) is 3.48. The van der Waals surface area contributed by atoms with Gasteiger partial charge in [0.2, 0.25) is 0 Å². The number of thiophene rings is 1. The standard InChI is InChI=1S/C20H25NO2S/c1-23-20(22)17-7-5-15(6-8-17)12-21-13-16-3-2-4-18(11-16)19-9-10-24-14-19/h2-4,9-11,14-15,17,21H,5-8,12-13H2,1H3. The van der Waals surface area contributed by atoms with Crippen molar-refractivity contribution in [1.29, 1.82) is 0 Å². The molecule has 1 fully saturated rings. The van der Waals surface area contributed by atoms with E-state index in [-0.39, 0.29) is 11.9 Å². The number of carbonyl (C=O) groups excluding carboxylic acids is 1. The van der Waals surface area contributed by atoms with Crippen LogP contribution >= 0.6 is 11.3 Å². The van der Waals surface area contributed by atoms with Crippen LogP contribution in [0.3, 0.4) is 0 Å². The second-order valence-electron chi connectivity index (χ2n) is 6.58. The van der Waals surface area contributed by atoms with Crippen molar-refractivity contribution < 1.29 is 9.53 Å². The summed E-state index contributed by atoms with van der Waals surface area (Å²) in [5, 5.41) is 7.89. The number of esters is 1. The van der Waals surface area contributed by atoms with Gasteiger partial charge in [0, 0.05) is 6.54 Å². The van der Waals surface area contributed by atoms with Gasteiger partial charge in [-0.25, -0.2) is 0 Å². The van der Waals surface area contributed by atoms with Gasteiger partial charge in [-0.2, -0.15) is 11.3 Å². The number of nitrogens with one attached hydrogen (secondary N) is 1. The summed E-state index contributed by atoms with van der Waals surface area (Å²) < 4.78 is 4.85. The molecule has 3 rings (SSSR count). The van der Waals surface area contributed by atoms with E-state index in [1.54, 1.807) is 11.3 Å². The molecule has 0 spiro atoms. The molecule has 1 saturated carbocycles. The van der Waals surface area contributed by atoms with Gasteiger partial charge >= 0.3 is 5.97 Å². The molecular formula is C20H25NO2S. The van der Waals surface area contributed by atoms with Crippen LogP contribution in [0, 0.1) is 11.8 Å². The summed E-state index contributed by atoms with van der Waals surface area (Å²) in [6.45, 7) is 1.92. The van der Waals surface area contributed by atoms with Gasteiger partial charge in [-0.05, 0) is 77.7 Å². The third-order valence-corrected chi connectivity index (χ3v) is 5.61. The third-order valence-electron chi connectivity index (χ3n) is 4.92. The van der Waals surface area contributed by atoms with E-state index >= 15 is 0 Å². The summed E-state index contributed by atoms with van der Waals surface area (Å²) in [5.74, 6) is 0.756. The Morgan fingerprint density at radius 1 is 1.21 bits per heavy atom. The van der Waals surface area contributed by atoms with Crippen molar-refractivity contribution in [2.24, 2.45) is 11.8 Å². The molecule has 0 amide bonds. The summed E-state index contributed by atoms with van der Waals surface area (Å²) in [7, 11) is 1.49. The van der Waals surface area contributed by atoms with Gasteiger partial charge in [-0.15, -0.1) is 0 Å². The fourth-order valence-corrected chi connectivity index (χ4v) is 4.14. The highest BCUT2D eigenvalue weighted by atomic mass is 32.1. The Balaban J connectivity index is 1.44. The molecule has 1 aliphatic rings. The molecule has 1 heterocycles. The van der Waals surface area contributed by atoms with Gasteiger partial charge in [0.1, 0.15) is 0 Å². The number of methoxy groups -OCH3 is 1. The fraction of sp³-hybridized carbons (Fsp3) is 0.450. The van der Waals surface area contributed by atoms with Gasteiger partial charge in [0.05, 0.1) is 13.0 Å². The Bertz CT molecular complexity index is 645. The van der Waals surface area contributed by atoms with Crippen molar-refractivity contribution in [2.75, 3.05) is 13.7 Å². The Labute approximate surface area is 148 Å². The zero-order chi connectivity index (χ0) is 16.8. The van der Waals surface area contributed by atoms with Crippen LogP contribution in [0.15, 0.2) is 41.1 Å². The van der Waals surface area contributed by atoms with Crippen molar-refractivity contribution in [1.82, 2.24) is 5.32 Å². The van der Waals surface area contributed by atoms with E-state index < -0.39 is 0 Å². The first kappa shape index (κ1) is 17.2. The summed E-state index contributed by atoms with van der Waals surface area (Å²) in [5.41, 5.74) is 3.90. The van der Waals surface area contributed by atoms with Crippen molar-refractivity contribution in [3.8, 4) is 11.1 Å². The van der Waals surface area contributed by atoms with Gasteiger partial charge in [0.25, 0.3) is 0 Å². The molecule has 0 unspecified atom stereocenters. The molecule has 4 heteroatoms. The minimum Gasteiger partial charge on any atom is -0.469 e. The molecule has 0 aliphatic heterocycles. The van der Waals surface area contributed by atoms with E-state index in [2.05, 4.69) is 46.4 Å². The highest BCUT2D eigenvalue weighted by Gasteiger charge is 2.26. The number of carbonyl (C=O) groups is 1.